The molecule has 0 heterocycles. The first-order valence-corrected chi connectivity index (χ1v) is 6.88. The van der Waals surface area contributed by atoms with Gasteiger partial charge in [0.25, 0.3) is 0 Å². The summed E-state index contributed by atoms with van der Waals surface area (Å²) in [7, 11) is 0. The maximum Gasteiger partial charge on any atom is 0.227 e. The molecule has 0 saturated heterocycles. The molecule has 104 valence electrons. The fourth-order valence-electron chi connectivity index (χ4n) is 1.74. The Balaban J connectivity index is 2.75. The van der Waals surface area contributed by atoms with E-state index >= 15 is 0 Å². The molecule has 1 aromatic carbocycles. The number of amides is 1. The first-order chi connectivity index (χ1) is 9.19. The second-order valence-corrected chi connectivity index (χ2v) is 4.34. The van der Waals surface area contributed by atoms with Crippen LogP contribution in [0, 0.1) is 0 Å². The molecule has 1 aromatic rings. The van der Waals surface area contributed by atoms with Crippen LogP contribution in [0.1, 0.15) is 40.0 Å². The molecule has 0 bridgehead atoms. The van der Waals surface area contributed by atoms with Gasteiger partial charge in [-0.3, -0.25) is 9.69 Å². The Hall–Kier alpha value is -1.77. The lowest BCUT2D eigenvalue weighted by Gasteiger charge is -2.17. The van der Waals surface area contributed by atoms with Crippen molar-refractivity contribution in [3.63, 3.8) is 0 Å². The van der Waals surface area contributed by atoms with Crippen LogP contribution >= 0.6 is 0 Å². The van der Waals surface area contributed by atoms with Crippen LogP contribution in [-0.2, 0) is 4.79 Å². The normalized spacial score (nSPS) is 10.7. The third-order valence-electron chi connectivity index (χ3n) is 2.74. The third kappa shape index (κ3) is 5.16. The highest BCUT2D eigenvalue weighted by atomic mass is 16.5. The van der Waals surface area contributed by atoms with Crippen LogP contribution in [0.3, 0.4) is 0 Å². The van der Waals surface area contributed by atoms with E-state index in [9.17, 15) is 4.79 Å². The number of hydrogen-bond donors (Lipinski definition) is 0. The summed E-state index contributed by atoms with van der Waals surface area (Å²) in [6, 6.07) is 7.57. The van der Waals surface area contributed by atoms with Crippen molar-refractivity contribution in [3.05, 3.63) is 36.5 Å². The number of hydrogen-bond acceptors (Lipinski definition) is 2. The van der Waals surface area contributed by atoms with E-state index in [1.807, 2.05) is 43.5 Å². The molecule has 1 amide bonds. The van der Waals surface area contributed by atoms with Gasteiger partial charge in [0.1, 0.15) is 5.75 Å². The Morgan fingerprint density at radius 3 is 2.47 bits per heavy atom. The Kier molecular flexibility index (Phi) is 6.72. The molecule has 0 saturated carbocycles. The Morgan fingerprint density at radius 2 is 1.95 bits per heavy atom. The van der Waals surface area contributed by atoms with Gasteiger partial charge in [-0.15, -0.1) is 0 Å². The van der Waals surface area contributed by atoms with Crippen molar-refractivity contribution in [3.8, 4) is 5.75 Å². The van der Waals surface area contributed by atoms with Crippen molar-refractivity contribution in [1.29, 1.82) is 0 Å². The second kappa shape index (κ2) is 8.35. The molecule has 0 atom stereocenters. The van der Waals surface area contributed by atoms with Gasteiger partial charge < -0.3 is 4.74 Å². The Bertz CT molecular complexity index is 409. The molecule has 19 heavy (non-hydrogen) atoms. The van der Waals surface area contributed by atoms with Crippen LogP contribution in [0.4, 0.5) is 5.69 Å². The maximum atomic E-state index is 11.7. The number of anilines is 1. The Labute approximate surface area is 115 Å². The quantitative estimate of drug-likeness (QED) is 0.690. The number of ether oxygens (including phenoxy) is 1. The summed E-state index contributed by atoms with van der Waals surface area (Å²) in [5, 5.41) is 0. The molecule has 1 rings (SSSR count). The van der Waals surface area contributed by atoms with Crippen molar-refractivity contribution in [2.24, 2.45) is 0 Å². The number of benzene rings is 1. The number of unbranched alkanes of at least 4 members (excludes halogenated alkanes) is 2. The molecule has 3 heteroatoms. The first-order valence-electron chi connectivity index (χ1n) is 6.88. The molecule has 3 nitrogen and oxygen atoms in total. The molecule has 0 aliphatic heterocycles. The van der Waals surface area contributed by atoms with Crippen LogP contribution < -0.4 is 9.64 Å². The highest BCUT2D eigenvalue weighted by Gasteiger charge is 2.07. The molecule has 0 aromatic heterocycles. The minimum absolute atomic E-state index is 0.0110. The molecule has 0 aliphatic rings. The smallest absolute Gasteiger partial charge is 0.227 e. The minimum Gasteiger partial charge on any atom is -0.494 e. The van der Waals surface area contributed by atoms with Gasteiger partial charge in [-0.25, -0.2) is 0 Å². The summed E-state index contributed by atoms with van der Waals surface area (Å²) < 4.78 is 5.39. The highest BCUT2D eigenvalue weighted by Crippen LogP contribution is 2.20. The highest BCUT2D eigenvalue weighted by molar-refractivity contribution is 5.93. The molecule has 0 radical (unpaired) electrons. The first kappa shape index (κ1) is 15.3. The van der Waals surface area contributed by atoms with E-state index in [2.05, 4.69) is 6.92 Å². The van der Waals surface area contributed by atoms with Crippen molar-refractivity contribution in [1.82, 2.24) is 0 Å². The summed E-state index contributed by atoms with van der Waals surface area (Å²) in [4.78, 5) is 13.3. The monoisotopic (exact) mass is 261 g/mol. The molecule has 0 aliphatic carbocycles. The maximum absolute atomic E-state index is 11.7. The molecular formula is C16H23NO2. The minimum atomic E-state index is 0.0110. The van der Waals surface area contributed by atoms with Gasteiger partial charge in [-0.05, 0) is 37.6 Å². The zero-order valence-electron chi connectivity index (χ0n) is 12.1. The molecule has 0 unspecified atom stereocenters. The van der Waals surface area contributed by atoms with Gasteiger partial charge in [-0.1, -0.05) is 25.8 Å². The lowest BCUT2D eigenvalue weighted by molar-refractivity contribution is -0.116. The zero-order chi connectivity index (χ0) is 14.1. The molecule has 0 spiro atoms. The number of carbonyl (C=O) groups is 1. The summed E-state index contributed by atoms with van der Waals surface area (Å²) in [6.07, 6.45) is 7.20. The van der Waals surface area contributed by atoms with Crippen LogP contribution in [0.2, 0.25) is 0 Å². The largest absolute Gasteiger partial charge is 0.494 e. The van der Waals surface area contributed by atoms with Gasteiger partial charge in [0.05, 0.1) is 6.61 Å². The van der Waals surface area contributed by atoms with E-state index in [0.29, 0.717) is 6.61 Å². The SMILES string of the molecule is CCCCC=CN(C(C)=O)c1ccc(OCC)cc1. The van der Waals surface area contributed by atoms with Gasteiger partial charge in [0.2, 0.25) is 5.91 Å². The third-order valence-corrected chi connectivity index (χ3v) is 2.74. The van der Waals surface area contributed by atoms with Crippen molar-refractivity contribution in [2.75, 3.05) is 11.5 Å². The summed E-state index contributed by atoms with van der Waals surface area (Å²) in [5.74, 6) is 0.835. The predicted molar refractivity (Wildman–Crippen MR) is 79.4 cm³/mol. The van der Waals surface area contributed by atoms with E-state index in [1.165, 1.54) is 0 Å². The second-order valence-electron chi connectivity index (χ2n) is 4.34. The van der Waals surface area contributed by atoms with Gasteiger partial charge in [0, 0.05) is 18.8 Å². The predicted octanol–water partition coefficient (Wildman–Crippen LogP) is 4.14. The van der Waals surface area contributed by atoms with Crippen molar-refractivity contribution >= 4 is 11.6 Å². The van der Waals surface area contributed by atoms with Crippen molar-refractivity contribution in [2.45, 2.75) is 40.0 Å². The average molecular weight is 261 g/mol. The van der Waals surface area contributed by atoms with Crippen LogP contribution in [-0.4, -0.2) is 12.5 Å². The topological polar surface area (TPSA) is 29.5 Å². The number of nitrogens with zero attached hydrogens (tertiary/aromatic N) is 1. The van der Waals surface area contributed by atoms with Crippen LogP contribution in [0.5, 0.6) is 5.75 Å². The fraction of sp³-hybridized carbons (Fsp3) is 0.438. The van der Waals surface area contributed by atoms with Crippen LogP contribution in [0.25, 0.3) is 0 Å². The van der Waals surface area contributed by atoms with E-state index in [4.69, 9.17) is 4.74 Å². The summed E-state index contributed by atoms with van der Waals surface area (Å²) in [5.41, 5.74) is 0.865. The number of allylic oxidation sites excluding steroid dienone is 1. The van der Waals surface area contributed by atoms with Gasteiger partial charge in [0.15, 0.2) is 0 Å². The van der Waals surface area contributed by atoms with E-state index in [-0.39, 0.29) is 5.91 Å². The number of rotatable bonds is 7. The van der Waals surface area contributed by atoms with Crippen molar-refractivity contribution < 1.29 is 9.53 Å². The Morgan fingerprint density at radius 1 is 1.26 bits per heavy atom. The number of carbonyl (C=O) groups excluding carboxylic acids is 1. The molecule has 0 N–H and O–H groups in total. The standard InChI is InChI=1S/C16H23NO2/c1-4-6-7-8-13-17(14(3)18)15-9-11-16(12-10-15)19-5-2/h8-13H,4-7H2,1-3H3. The molecule has 0 fully saturated rings. The summed E-state index contributed by atoms with van der Waals surface area (Å²) >= 11 is 0. The average Bonchev–Trinajstić information content (AvgIpc) is 2.40. The van der Waals surface area contributed by atoms with E-state index in [1.54, 1.807) is 11.8 Å². The lowest BCUT2D eigenvalue weighted by atomic mass is 10.2. The van der Waals surface area contributed by atoms with E-state index in [0.717, 1.165) is 30.7 Å². The lowest BCUT2D eigenvalue weighted by Crippen LogP contribution is -2.21. The van der Waals surface area contributed by atoms with Gasteiger partial charge in [-0.2, -0.15) is 0 Å². The summed E-state index contributed by atoms with van der Waals surface area (Å²) in [6.45, 7) is 6.32. The van der Waals surface area contributed by atoms with E-state index < -0.39 is 0 Å². The van der Waals surface area contributed by atoms with Crippen LogP contribution in [0.15, 0.2) is 36.5 Å². The van der Waals surface area contributed by atoms with Gasteiger partial charge >= 0.3 is 0 Å². The molecular weight excluding hydrogens is 238 g/mol. The fourth-order valence-corrected chi connectivity index (χ4v) is 1.74. The zero-order valence-corrected chi connectivity index (χ0v) is 12.1.